The van der Waals surface area contributed by atoms with Crippen molar-refractivity contribution in [1.29, 1.82) is 0 Å². The fraction of sp³-hybridized carbons (Fsp3) is 0.304. The van der Waals surface area contributed by atoms with Crippen LogP contribution in [-0.4, -0.2) is 64.0 Å². The average molecular weight is 408 g/mol. The molecule has 0 saturated heterocycles. The van der Waals surface area contributed by atoms with Gasteiger partial charge in [0.05, 0.1) is 11.4 Å². The summed E-state index contributed by atoms with van der Waals surface area (Å²) in [6, 6.07) is 14.1. The first kappa shape index (κ1) is 21.7. The number of carbonyl (C=O) groups is 1. The lowest BCUT2D eigenvalue weighted by Crippen LogP contribution is -2.31. The molecule has 0 spiro atoms. The van der Waals surface area contributed by atoms with Crippen molar-refractivity contribution in [3.8, 4) is 11.3 Å². The number of hydrogen-bond acceptors (Lipinski definition) is 5. The number of fused-ring (bicyclic) bond motifs is 1. The Morgan fingerprint density at radius 2 is 1.97 bits per heavy atom. The molecule has 2 N–H and O–H groups in total. The number of benzene rings is 1. The van der Waals surface area contributed by atoms with Gasteiger partial charge in [0.15, 0.2) is 0 Å². The first-order valence-corrected chi connectivity index (χ1v) is 10.1. The molecule has 0 saturated carbocycles. The van der Waals surface area contributed by atoms with Crippen LogP contribution >= 0.6 is 0 Å². The van der Waals surface area contributed by atoms with Gasteiger partial charge in [-0.1, -0.05) is 37.3 Å². The van der Waals surface area contributed by atoms with E-state index < -0.39 is 5.91 Å². The lowest BCUT2D eigenvalue weighted by molar-refractivity contribution is -0.124. The van der Waals surface area contributed by atoms with Crippen LogP contribution in [0.3, 0.4) is 0 Å². The SMILES string of the molecule is CCN(CCN(C)C)Cc1c(-c2ccccc2)nc2cc(/C=C/C(=O)NO)ccn12. The molecule has 0 aliphatic heterocycles. The summed E-state index contributed by atoms with van der Waals surface area (Å²) < 4.78 is 2.12. The molecule has 0 fully saturated rings. The van der Waals surface area contributed by atoms with Crippen LogP contribution in [0.1, 0.15) is 18.2 Å². The third-order valence-electron chi connectivity index (χ3n) is 5.02. The predicted octanol–water partition coefficient (Wildman–Crippen LogP) is 2.90. The number of hydroxylamine groups is 1. The van der Waals surface area contributed by atoms with E-state index in [9.17, 15) is 4.79 Å². The summed E-state index contributed by atoms with van der Waals surface area (Å²) in [5.41, 5.74) is 6.44. The number of aromatic nitrogens is 2. The number of rotatable bonds is 9. The Bertz CT molecular complexity index is 1010. The van der Waals surface area contributed by atoms with Gasteiger partial charge in [0.1, 0.15) is 5.65 Å². The number of hydrogen-bond donors (Lipinski definition) is 2. The predicted molar refractivity (Wildman–Crippen MR) is 119 cm³/mol. The number of carbonyl (C=O) groups excluding carboxylic acids is 1. The molecule has 1 aromatic carbocycles. The lowest BCUT2D eigenvalue weighted by Gasteiger charge is -2.23. The van der Waals surface area contributed by atoms with E-state index >= 15 is 0 Å². The summed E-state index contributed by atoms with van der Waals surface area (Å²) in [6.07, 6.45) is 4.92. The largest absolute Gasteiger partial charge is 0.308 e. The number of imidazole rings is 1. The molecule has 3 rings (SSSR count). The smallest absolute Gasteiger partial charge is 0.267 e. The normalized spacial score (nSPS) is 11.8. The third kappa shape index (κ3) is 5.33. The summed E-state index contributed by atoms with van der Waals surface area (Å²) in [7, 11) is 4.17. The minimum atomic E-state index is -0.566. The standard InChI is InChI=1S/C23H29N5O2/c1-4-27(15-14-26(2)3)17-20-23(19-8-6-5-7-9-19)24-21-16-18(12-13-28(20)21)10-11-22(29)25-30/h5-13,16,30H,4,14-15,17H2,1-3H3,(H,25,29)/b11-10+. The van der Waals surface area contributed by atoms with E-state index in [1.54, 1.807) is 11.6 Å². The second-order valence-electron chi connectivity index (χ2n) is 7.44. The molecule has 0 radical (unpaired) electrons. The van der Waals surface area contributed by atoms with Gasteiger partial charge in [-0.2, -0.15) is 0 Å². The van der Waals surface area contributed by atoms with Gasteiger partial charge in [0.2, 0.25) is 0 Å². The maximum absolute atomic E-state index is 11.3. The van der Waals surface area contributed by atoms with Crippen LogP contribution in [0.2, 0.25) is 0 Å². The molecule has 0 atom stereocenters. The van der Waals surface area contributed by atoms with Crippen LogP contribution in [0, 0.1) is 0 Å². The zero-order valence-electron chi connectivity index (χ0n) is 17.7. The molecule has 0 unspecified atom stereocenters. The zero-order valence-corrected chi connectivity index (χ0v) is 17.7. The molecule has 0 bridgehead atoms. The van der Waals surface area contributed by atoms with E-state index in [0.29, 0.717) is 0 Å². The van der Waals surface area contributed by atoms with Crippen molar-refractivity contribution in [2.24, 2.45) is 0 Å². The van der Waals surface area contributed by atoms with Crippen LogP contribution in [0.25, 0.3) is 23.0 Å². The number of nitrogens with one attached hydrogen (secondary N) is 1. The molecule has 7 nitrogen and oxygen atoms in total. The lowest BCUT2D eigenvalue weighted by atomic mass is 10.1. The highest BCUT2D eigenvalue weighted by molar-refractivity contribution is 5.91. The van der Waals surface area contributed by atoms with E-state index in [1.807, 2.05) is 36.5 Å². The molecule has 0 aliphatic carbocycles. The van der Waals surface area contributed by atoms with Crippen molar-refractivity contribution in [1.82, 2.24) is 24.7 Å². The van der Waals surface area contributed by atoms with Gasteiger partial charge in [0.25, 0.3) is 5.91 Å². The van der Waals surface area contributed by atoms with Crippen molar-refractivity contribution in [3.63, 3.8) is 0 Å². The molecule has 2 heterocycles. The topological polar surface area (TPSA) is 73.1 Å². The second kappa shape index (κ2) is 10.2. The van der Waals surface area contributed by atoms with Crippen LogP contribution < -0.4 is 5.48 Å². The van der Waals surface area contributed by atoms with E-state index in [2.05, 4.69) is 47.4 Å². The Balaban J connectivity index is 2.01. The van der Waals surface area contributed by atoms with Crippen molar-refractivity contribution in [2.75, 3.05) is 33.7 Å². The maximum atomic E-state index is 11.3. The van der Waals surface area contributed by atoms with E-state index in [-0.39, 0.29) is 0 Å². The Morgan fingerprint density at radius 3 is 2.63 bits per heavy atom. The van der Waals surface area contributed by atoms with Crippen LogP contribution in [0.4, 0.5) is 0 Å². The Kier molecular flexibility index (Phi) is 7.35. The van der Waals surface area contributed by atoms with Gasteiger partial charge in [0, 0.05) is 37.5 Å². The van der Waals surface area contributed by atoms with Gasteiger partial charge >= 0.3 is 0 Å². The van der Waals surface area contributed by atoms with Gasteiger partial charge in [-0.15, -0.1) is 0 Å². The fourth-order valence-corrected chi connectivity index (χ4v) is 3.30. The highest BCUT2D eigenvalue weighted by Crippen LogP contribution is 2.26. The quantitative estimate of drug-likeness (QED) is 0.324. The molecule has 158 valence electrons. The summed E-state index contributed by atoms with van der Waals surface area (Å²) >= 11 is 0. The van der Waals surface area contributed by atoms with E-state index in [0.717, 1.165) is 54.3 Å². The van der Waals surface area contributed by atoms with Gasteiger partial charge < -0.3 is 9.30 Å². The Labute approximate surface area is 177 Å². The van der Waals surface area contributed by atoms with E-state index in [4.69, 9.17) is 10.2 Å². The number of pyridine rings is 1. The average Bonchev–Trinajstić information content (AvgIpc) is 3.12. The maximum Gasteiger partial charge on any atom is 0.267 e. The van der Waals surface area contributed by atoms with E-state index in [1.165, 1.54) is 6.08 Å². The molecule has 0 aliphatic rings. The monoisotopic (exact) mass is 407 g/mol. The minimum absolute atomic E-state index is 0.566. The zero-order chi connectivity index (χ0) is 21.5. The summed E-state index contributed by atoms with van der Waals surface area (Å²) in [5, 5.41) is 8.66. The van der Waals surface area contributed by atoms with Crippen molar-refractivity contribution >= 4 is 17.6 Å². The van der Waals surface area contributed by atoms with Crippen LogP contribution in [-0.2, 0) is 11.3 Å². The van der Waals surface area contributed by atoms with Crippen LogP contribution in [0.15, 0.2) is 54.7 Å². The molecular weight excluding hydrogens is 378 g/mol. The summed E-state index contributed by atoms with van der Waals surface area (Å²) in [6.45, 7) is 5.88. The number of likely N-dealkylation sites (N-methyl/N-ethyl adjacent to an activating group) is 2. The molecule has 3 aromatic rings. The van der Waals surface area contributed by atoms with Gasteiger partial charge in [-0.25, -0.2) is 10.5 Å². The Hall–Kier alpha value is -3.00. The molecule has 2 aromatic heterocycles. The fourth-order valence-electron chi connectivity index (χ4n) is 3.30. The van der Waals surface area contributed by atoms with Gasteiger partial charge in [-0.3, -0.25) is 14.9 Å². The molecular formula is C23H29N5O2. The number of amides is 1. The second-order valence-corrected chi connectivity index (χ2v) is 7.44. The molecule has 30 heavy (non-hydrogen) atoms. The summed E-state index contributed by atoms with van der Waals surface area (Å²) in [5.74, 6) is -0.566. The Morgan fingerprint density at radius 1 is 1.20 bits per heavy atom. The van der Waals surface area contributed by atoms with Crippen molar-refractivity contribution in [3.05, 3.63) is 66.0 Å². The van der Waals surface area contributed by atoms with Crippen molar-refractivity contribution in [2.45, 2.75) is 13.5 Å². The first-order valence-electron chi connectivity index (χ1n) is 10.1. The van der Waals surface area contributed by atoms with Crippen molar-refractivity contribution < 1.29 is 10.0 Å². The number of nitrogens with zero attached hydrogens (tertiary/aromatic N) is 4. The summed E-state index contributed by atoms with van der Waals surface area (Å²) in [4.78, 5) is 20.8. The van der Waals surface area contributed by atoms with Crippen LogP contribution in [0.5, 0.6) is 0 Å². The molecule has 7 heteroatoms. The first-order chi connectivity index (χ1) is 14.5. The van der Waals surface area contributed by atoms with Gasteiger partial charge in [-0.05, 0) is 44.4 Å². The third-order valence-corrected chi connectivity index (χ3v) is 5.02. The minimum Gasteiger partial charge on any atom is -0.308 e. The molecule has 1 amide bonds. The highest BCUT2D eigenvalue weighted by Gasteiger charge is 2.17. The highest BCUT2D eigenvalue weighted by atomic mass is 16.5.